The van der Waals surface area contributed by atoms with Crippen molar-refractivity contribution < 1.29 is 12.6 Å². The van der Waals surface area contributed by atoms with Crippen LogP contribution in [0.25, 0.3) is 0 Å². The highest BCUT2D eigenvalue weighted by Crippen LogP contribution is 2.27. The summed E-state index contributed by atoms with van der Waals surface area (Å²) in [6.07, 6.45) is 0. The van der Waals surface area contributed by atoms with Crippen molar-refractivity contribution in [2.75, 3.05) is 0 Å². The summed E-state index contributed by atoms with van der Waals surface area (Å²) in [5.74, 6) is -0.0482. The van der Waals surface area contributed by atoms with E-state index < -0.39 is 10.1 Å². The van der Waals surface area contributed by atoms with Crippen LogP contribution < -0.4 is 4.18 Å². The lowest BCUT2D eigenvalue weighted by Gasteiger charge is -2.09. The third-order valence-electron chi connectivity index (χ3n) is 2.71. The topological polar surface area (TPSA) is 43.4 Å². The summed E-state index contributed by atoms with van der Waals surface area (Å²) in [6, 6.07) is 11.6. The molecule has 0 amide bonds. The molecule has 0 aromatic heterocycles. The lowest BCUT2D eigenvalue weighted by atomic mass is 10.1. The quantitative estimate of drug-likeness (QED) is 0.788. The van der Waals surface area contributed by atoms with Gasteiger partial charge in [-0.25, -0.2) is 0 Å². The molecule has 0 spiro atoms. The van der Waals surface area contributed by atoms with E-state index in [1.54, 1.807) is 12.1 Å². The zero-order valence-electron chi connectivity index (χ0n) is 10.6. The third-order valence-corrected chi connectivity index (χ3v) is 4.56. The van der Waals surface area contributed by atoms with E-state index in [9.17, 15) is 8.42 Å². The van der Waals surface area contributed by atoms with Crippen molar-refractivity contribution >= 4 is 33.3 Å². The standard InChI is InChI=1S/C14H12Cl2O3S/c1-10-4-2-3-5-11(10)9-20(17,18)19-12-6-7-13(15)14(16)8-12/h2-8H,9H2,1H3. The minimum absolute atomic E-state index is 0.146. The molecule has 0 aliphatic carbocycles. The second-order valence-electron chi connectivity index (χ2n) is 4.29. The van der Waals surface area contributed by atoms with Gasteiger partial charge in [0.25, 0.3) is 0 Å². The minimum Gasteiger partial charge on any atom is -0.382 e. The molecule has 2 rings (SSSR count). The normalized spacial score (nSPS) is 11.3. The fraction of sp³-hybridized carbons (Fsp3) is 0.143. The van der Waals surface area contributed by atoms with Crippen LogP contribution in [0.1, 0.15) is 11.1 Å². The minimum atomic E-state index is -3.74. The average molecular weight is 331 g/mol. The smallest absolute Gasteiger partial charge is 0.313 e. The first-order valence-corrected chi connectivity index (χ1v) is 8.12. The van der Waals surface area contributed by atoms with Crippen molar-refractivity contribution in [3.05, 3.63) is 63.6 Å². The summed E-state index contributed by atoms with van der Waals surface area (Å²) in [5.41, 5.74) is 1.60. The van der Waals surface area contributed by atoms with Gasteiger partial charge in [0.2, 0.25) is 0 Å². The van der Waals surface area contributed by atoms with Gasteiger partial charge in [-0.05, 0) is 30.2 Å². The number of halogens is 2. The van der Waals surface area contributed by atoms with Crippen LogP contribution in [0.3, 0.4) is 0 Å². The van der Waals surface area contributed by atoms with E-state index in [2.05, 4.69) is 0 Å². The molecule has 0 fully saturated rings. The molecule has 0 N–H and O–H groups in total. The molecule has 0 saturated carbocycles. The first-order valence-electron chi connectivity index (χ1n) is 5.79. The van der Waals surface area contributed by atoms with Gasteiger partial charge in [-0.2, -0.15) is 8.42 Å². The Morgan fingerprint density at radius 1 is 1.05 bits per heavy atom. The molecular formula is C14H12Cl2O3S. The van der Waals surface area contributed by atoms with Gasteiger partial charge in [-0.1, -0.05) is 47.5 Å². The molecule has 2 aromatic carbocycles. The van der Waals surface area contributed by atoms with Gasteiger partial charge in [0.1, 0.15) is 11.5 Å². The Labute approximate surface area is 128 Å². The summed E-state index contributed by atoms with van der Waals surface area (Å²) in [4.78, 5) is 0. The maximum absolute atomic E-state index is 12.0. The van der Waals surface area contributed by atoms with E-state index in [1.165, 1.54) is 18.2 Å². The lowest BCUT2D eigenvalue weighted by Crippen LogP contribution is -2.12. The Balaban J connectivity index is 2.19. The Kier molecular flexibility index (Phi) is 4.58. The Bertz CT molecular complexity index is 727. The molecule has 0 bridgehead atoms. The van der Waals surface area contributed by atoms with Crippen LogP contribution in [0.15, 0.2) is 42.5 Å². The largest absolute Gasteiger partial charge is 0.382 e. The van der Waals surface area contributed by atoms with Gasteiger partial charge in [-0.15, -0.1) is 0 Å². The molecule has 6 heteroatoms. The molecule has 0 atom stereocenters. The molecule has 20 heavy (non-hydrogen) atoms. The van der Waals surface area contributed by atoms with Crippen LogP contribution in [-0.2, 0) is 15.9 Å². The SMILES string of the molecule is Cc1ccccc1CS(=O)(=O)Oc1ccc(Cl)c(Cl)c1. The summed E-state index contributed by atoms with van der Waals surface area (Å²) >= 11 is 11.6. The van der Waals surface area contributed by atoms with Gasteiger partial charge >= 0.3 is 10.1 Å². The maximum Gasteiger partial charge on any atom is 0.313 e. The van der Waals surface area contributed by atoms with E-state index in [4.69, 9.17) is 27.4 Å². The highest BCUT2D eigenvalue weighted by molar-refractivity contribution is 7.86. The number of hydrogen-bond acceptors (Lipinski definition) is 3. The number of aryl methyl sites for hydroxylation is 1. The third kappa shape index (κ3) is 3.88. The first-order chi connectivity index (χ1) is 9.37. The molecule has 2 aromatic rings. The number of benzene rings is 2. The van der Waals surface area contributed by atoms with Crippen molar-refractivity contribution in [1.29, 1.82) is 0 Å². The number of rotatable bonds is 4. The fourth-order valence-corrected chi connectivity index (χ4v) is 3.12. The predicted molar refractivity (Wildman–Crippen MR) is 80.9 cm³/mol. The Hall–Kier alpha value is -1.23. The van der Waals surface area contributed by atoms with Crippen molar-refractivity contribution in [2.24, 2.45) is 0 Å². The molecule has 3 nitrogen and oxygen atoms in total. The van der Waals surface area contributed by atoms with Crippen molar-refractivity contribution in [1.82, 2.24) is 0 Å². The fourth-order valence-electron chi connectivity index (χ4n) is 1.67. The van der Waals surface area contributed by atoms with Crippen LogP contribution in [0.4, 0.5) is 0 Å². The van der Waals surface area contributed by atoms with Crippen LogP contribution in [0, 0.1) is 6.92 Å². The summed E-state index contributed by atoms with van der Waals surface area (Å²) in [7, 11) is -3.74. The highest BCUT2D eigenvalue weighted by Gasteiger charge is 2.16. The van der Waals surface area contributed by atoms with Crippen LogP contribution >= 0.6 is 23.2 Å². The van der Waals surface area contributed by atoms with E-state index in [-0.39, 0.29) is 16.5 Å². The molecule has 0 saturated heterocycles. The molecule has 0 aliphatic rings. The summed E-state index contributed by atoms with van der Waals surface area (Å²) in [6.45, 7) is 1.85. The monoisotopic (exact) mass is 330 g/mol. The molecule has 106 valence electrons. The zero-order valence-corrected chi connectivity index (χ0v) is 13.0. The van der Waals surface area contributed by atoms with E-state index in [0.29, 0.717) is 10.6 Å². The maximum atomic E-state index is 12.0. The summed E-state index contributed by atoms with van der Waals surface area (Å²) < 4.78 is 29.1. The number of hydrogen-bond donors (Lipinski definition) is 0. The molecule has 0 aliphatic heterocycles. The second-order valence-corrected chi connectivity index (χ2v) is 6.67. The molecular weight excluding hydrogens is 319 g/mol. The van der Waals surface area contributed by atoms with E-state index in [0.717, 1.165) is 5.56 Å². The molecule has 0 heterocycles. The van der Waals surface area contributed by atoms with E-state index >= 15 is 0 Å². The van der Waals surface area contributed by atoms with Gasteiger partial charge in [0.15, 0.2) is 0 Å². The lowest BCUT2D eigenvalue weighted by molar-refractivity contribution is 0.485. The average Bonchev–Trinajstić information content (AvgIpc) is 2.36. The Morgan fingerprint density at radius 3 is 2.40 bits per heavy atom. The van der Waals surface area contributed by atoms with Gasteiger partial charge in [-0.3, -0.25) is 0 Å². The predicted octanol–water partition coefficient (Wildman–Crippen LogP) is 4.21. The van der Waals surface area contributed by atoms with Crippen LogP contribution in [0.2, 0.25) is 10.0 Å². The van der Waals surface area contributed by atoms with Crippen LogP contribution in [-0.4, -0.2) is 8.42 Å². The zero-order chi connectivity index (χ0) is 14.8. The second kappa shape index (κ2) is 6.04. The van der Waals surface area contributed by atoms with Gasteiger partial charge < -0.3 is 4.18 Å². The first kappa shape index (κ1) is 15.2. The summed E-state index contributed by atoms with van der Waals surface area (Å²) in [5, 5.41) is 0.588. The van der Waals surface area contributed by atoms with E-state index in [1.807, 2.05) is 19.1 Å². The van der Waals surface area contributed by atoms with Gasteiger partial charge in [0.05, 0.1) is 10.0 Å². The van der Waals surface area contributed by atoms with Crippen molar-refractivity contribution in [2.45, 2.75) is 12.7 Å². The van der Waals surface area contributed by atoms with Crippen molar-refractivity contribution in [3.63, 3.8) is 0 Å². The van der Waals surface area contributed by atoms with Crippen LogP contribution in [0.5, 0.6) is 5.75 Å². The Morgan fingerprint density at radius 2 is 1.75 bits per heavy atom. The van der Waals surface area contributed by atoms with Crippen molar-refractivity contribution in [3.8, 4) is 5.75 Å². The molecule has 0 radical (unpaired) electrons. The highest BCUT2D eigenvalue weighted by atomic mass is 35.5. The van der Waals surface area contributed by atoms with Gasteiger partial charge in [0, 0.05) is 6.07 Å². The molecule has 0 unspecified atom stereocenters.